The molecular formula is C27H31ClN2O4S. The molecule has 1 atom stereocenters. The van der Waals surface area contributed by atoms with Gasteiger partial charge in [0.25, 0.3) is 10.0 Å². The van der Waals surface area contributed by atoms with E-state index in [1.807, 2.05) is 39.0 Å². The molecule has 1 unspecified atom stereocenters. The zero-order chi connectivity index (χ0) is 25.8. The number of hydrogen-bond acceptors (Lipinski definition) is 4. The van der Waals surface area contributed by atoms with E-state index in [2.05, 4.69) is 5.32 Å². The molecule has 35 heavy (non-hydrogen) atoms. The van der Waals surface area contributed by atoms with Crippen molar-refractivity contribution in [3.8, 4) is 5.75 Å². The van der Waals surface area contributed by atoms with E-state index in [1.54, 1.807) is 56.5 Å². The first-order valence-electron chi connectivity index (χ1n) is 11.4. The number of sulfonamides is 1. The molecule has 0 aliphatic heterocycles. The number of nitrogens with zero attached hydrogens (tertiary/aromatic N) is 1. The standard InChI is InChI=1S/C27H31ClN2O4S/c1-6-24(21-10-14-26(34-5)20(4)15-21)29-27(31)17-30(25-16-22(28)11-9-19(25)3)35(32,33)23-12-7-18(2)8-13-23/h7-16,24H,6,17H2,1-5H3,(H,29,31). The minimum absolute atomic E-state index is 0.105. The summed E-state index contributed by atoms with van der Waals surface area (Å²) < 4.78 is 33.8. The van der Waals surface area contributed by atoms with Gasteiger partial charge in [-0.2, -0.15) is 0 Å². The molecule has 3 aromatic rings. The molecule has 6 nitrogen and oxygen atoms in total. The van der Waals surface area contributed by atoms with Crippen LogP contribution in [-0.2, 0) is 14.8 Å². The van der Waals surface area contributed by atoms with Crippen LogP contribution < -0.4 is 14.4 Å². The van der Waals surface area contributed by atoms with E-state index >= 15 is 0 Å². The summed E-state index contributed by atoms with van der Waals surface area (Å²) in [6.45, 7) is 7.19. The Morgan fingerprint density at radius 2 is 1.69 bits per heavy atom. The van der Waals surface area contributed by atoms with Crippen molar-refractivity contribution in [1.29, 1.82) is 0 Å². The number of amides is 1. The maximum Gasteiger partial charge on any atom is 0.264 e. The lowest BCUT2D eigenvalue weighted by Crippen LogP contribution is -2.42. The zero-order valence-electron chi connectivity index (χ0n) is 20.6. The van der Waals surface area contributed by atoms with Crippen molar-refractivity contribution >= 4 is 33.2 Å². The van der Waals surface area contributed by atoms with Crippen LogP contribution in [0.25, 0.3) is 0 Å². The van der Waals surface area contributed by atoms with Crippen molar-refractivity contribution in [2.45, 2.75) is 45.1 Å². The number of nitrogens with one attached hydrogen (secondary N) is 1. The van der Waals surface area contributed by atoms with Crippen molar-refractivity contribution in [3.05, 3.63) is 87.9 Å². The molecule has 0 bridgehead atoms. The van der Waals surface area contributed by atoms with Crippen LogP contribution in [0.2, 0.25) is 5.02 Å². The third kappa shape index (κ3) is 6.16. The van der Waals surface area contributed by atoms with Gasteiger partial charge in [-0.05, 0) is 74.2 Å². The van der Waals surface area contributed by atoms with Gasteiger partial charge in [0.1, 0.15) is 12.3 Å². The van der Waals surface area contributed by atoms with Gasteiger partial charge in [0.05, 0.1) is 23.7 Å². The molecule has 0 fully saturated rings. The number of aryl methyl sites for hydroxylation is 3. The lowest BCUT2D eigenvalue weighted by Gasteiger charge is -2.27. The first-order chi connectivity index (χ1) is 16.6. The Morgan fingerprint density at radius 1 is 1.00 bits per heavy atom. The van der Waals surface area contributed by atoms with E-state index < -0.39 is 15.9 Å². The van der Waals surface area contributed by atoms with Crippen LogP contribution in [0, 0.1) is 20.8 Å². The van der Waals surface area contributed by atoms with Crippen LogP contribution in [0.5, 0.6) is 5.75 Å². The summed E-state index contributed by atoms with van der Waals surface area (Å²) in [6.07, 6.45) is 0.637. The lowest BCUT2D eigenvalue weighted by atomic mass is 10.0. The molecule has 186 valence electrons. The van der Waals surface area contributed by atoms with Gasteiger partial charge < -0.3 is 10.1 Å². The lowest BCUT2D eigenvalue weighted by molar-refractivity contribution is -0.120. The number of ether oxygens (including phenoxy) is 1. The second kappa shape index (κ2) is 11.1. The first kappa shape index (κ1) is 26.6. The molecule has 0 heterocycles. The van der Waals surface area contributed by atoms with E-state index in [9.17, 15) is 13.2 Å². The van der Waals surface area contributed by atoms with Gasteiger partial charge in [-0.3, -0.25) is 9.10 Å². The van der Waals surface area contributed by atoms with Crippen LogP contribution in [0.15, 0.2) is 65.6 Å². The number of benzene rings is 3. The fraction of sp³-hybridized carbons (Fsp3) is 0.296. The minimum Gasteiger partial charge on any atom is -0.496 e. The van der Waals surface area contributed by atoms with Gasteiger partial charge in [0, 0.05) is 5.02 Å². The van der Waals surface area contributed by atoms with Gasteiger partial charge in [-0.15, -0.1) is 0 Å². The number of carbonyl (C=O) groups excluding carboxylic acids is 1. The fourth-order valence-corrected chi connectivity index (χ4v) is 5.54. The predicted molar refractivity (Wildman–Crippen MR) is 141 cm³/mol. The van der Waals surface area contributed by atoms with Crippen molar-refractivity contribution in [2.24, 2.45) is 0 Å². The molecule has 0 aromatic heterocycles. The highest BCUT2D eigenvalue weighted by atomic mass is 35.5. The van der Waals surface area contributed by atoms with Gasteiger partial charge in [0.15, 0.2) is 0 Å². The zero-order valence-corrected chi connectivity index (χ0v) is 22.2. The minimum atomic E-state index is -4.03. The highest BCUT2D eigenvalue weighted by Gasteiger charge is 2.29. The maximum atomic E-state index is 13.7. The SMILES string of the molecule is CCC(NC(=O)CN(c1cc(Cl)ccc1C)S(=O)(=O)c1ccc(C)cc1)c1ccc(OC)c(C)c1. The van der Waals surface area contributed by atoms with Crippen LogP contribution >= 0.6 is 11.6 Å². The van der Waals surface area contributed by atoms with E-state index in [0.717, 1.165) is 26.7 Å². The Balaban J connectivity index is 1.95. The van der Waals surface area contributed by atoms with Crippen LogP contribution in [-0.4, -0.2) is 28.0 Å². The molecule has 0 spiro atoms. The summed E-state index contributed by atoms with van der Waals surface area (Å²) in [7, 11) is -2.42. The molecule has 3 aromatic carbocycles. The van der Waals surface area contributed by atoms with E-state index in [0.29, 0.717) is 22.7 Å². The number of carbonyl (C=O) groups is 1. The van der Waals surface area contributed by atoms with Gasteiger partial charge >= 0.3 is 0 Å². The van der Waals surface area contributed by atoms with E-state index in [-0.39, 0.29) is 17.5 Å². The quantitative estimate of drug-likeness (QED) is 0.395. The Kier molecular flexibility index (Phi) is 8.46. The molecule has 3 rings (SSSR count). The summed E-state index contributed by atoms with van der Waals surface area (Å²) in [5.74, 6) is 0.349. The number of halogens is 1. The average molecular weight is 515 g/mol. The van der Waals surface area contributed by atoms with Crippen LogP contribution in [0.3, 0.4) is 0 Å². The number of rotatable bonds is 9. The Morgan fingerprint density at radius 3 is 2.29 bits per heavy atom. The number of hydrogen-bond donors (Lipinski definition) is 1. The molecular weight excluding hydrogens is 484 g/mol. The molecule has 0 aliphatic carbocycles. The smallest absolute Gasteiger partial charge is 0.264 e. The maximum absolute atomic E-state index is 13.7. The Bertz CT molecular complexity index is 1310. The monoisotopic (exact) mass is 514 g/mol. The molecule has 0 saturated heterocycles. The van der Waals surface area contributed by atoms with E-state index in [1.165, 1.54) is 0 Å². The normalized spacial score (nSPS) is 12.2. The summed E-state index contributed by atoms with van der Waals surface area (Å²) >= 11 is 6.21. The summed E-state index contributed by atoms with van der Waals surface area (Å²) in [4.78, 5) is 13.3. The van der Waals surface area contributed by atoms with Gasteiger partial charge in [-0.25, -0.2) is 8.42 Å². The number of anilines is 1. The summed E-state index contributed by atoms with van der Waals surface area (Å²) in [5, 5.41) is 3.38. The predicted octanol–water partition coefficient (Wildman–Crippen LogP) is 5.74. The molecule has 8 heteroatoms. The average Bonchev–Trinajstić information content (AvgIpc) is 2.82. The Hall–Kier alpha value is -3.03. The van der Waals surface area contributed by atoms with Crippen molar-refractivity contribution in [3.63, 3.8) is 0 Å². The highest BCUT2D eigenvalue weighted by molar-refractivity contribution is 7.92. The van der Waals surface area contributed by atoms with Gasteiger partial charge in [-0.1, -0.05) is 54.4 Å². The molecule has 1 N–H and O–H groups in total. The largest absolute Gasteiger partial charge is 0.496 e. The molecule has 0 radical (unpaired) electrons. The third-order valence-electron chi connectivity index (χ3n) is 5.90. The number of methoxy groups -OCH3 is 1. The fourth-order valence-electron chi connectivity index (χ4n) is 3.90. The first-order valence-corrected chi connectivity index (χ1v) is 13.2. The topological polar surface area (TPSA) is 75.7 Å². The van der Waals surface area contributed by atoms with Crippen molar-refractivity contribution < 1.29 is 17.9 Å². The highest BCUT2D eigenvalue weighted by Crippen LogP contribution is 2.30. The van der Waals surface area contributed by atoms with Crippen LogP contribution in [0.1, 0.15) is 41.6 Å². The second-order valence-electron chi connectivity index (χ2n) is 8.51. The molecule has 0 aliphatic rings. The van der Waals surface area contributed by atoms with Gasteiger partial charge in [0.2, 0.25) is 5.91 Å². The van der Waals surface area contributed by atoms with Crippen LogP contribution in [0.4, 0.5) is 5.69 Å². The third-order valence-corrected chi connectivity index (χ3v) is 7.91. The summed E-state index contributed by atoms with van der Waals surface area (Å²) in [6, 6.07) is 17.0. The van der Waals surface area contributed by atoms with Crippen molar-refractivity contribution in [1.82, 2.24) is 5.32 Å². The van der Waals surface area contributed by atoms with Crippen molar-refractivity contribution in [2.75, 3.05) is 18.0 Å². The molecule has 1 amide bonds. The second-order valence-corrected chi connectivity index (χ2v) is 10.8. The molecule has 0 saturated carbocycles. The van der Waals surface area contributed by atoms with E-state index in [4.69, 9.17) is 16.3 Å². The Labute approximate surface area is 212 Å². The summed E-state index contributed by atoms with van der Waals surface area (Å²) in [5.41, 5.74) is 3.87.